The van der Waals surface area contributed by atoms with E-state index in [1.54, 1.807) is 0 Å². The summed E-state index contributed by atoms with van der Waals surface area (Å²) in [6.45, 7) is 0.780. The van der Waals surface area contributed by atoms with E-state index in [1.165, 1.54) is 10.6 Å². The normalized spacial score (nSPS) is 21.8. The molecule has 8 heteroatoms. The zero-order valence-corrected chi connectivity index (χ0v) is 10.7. The second kappa shape index (κ2) is 5.15. The van der Waals surface area contributed by atoms with Crippen LogP contribution in [0.15, 0.2) is 12.4 Å². The van der Waals surface area contributed by atoms with Crippen molar-refractivity contribution in [1.82, 2.24) is 14.3 Å². The highest BCUT2D eigenvalue weighted by Crippen LogP contribution is 2.17. The Bertz CT molecular complexity index is 506. The van der Waals surface area contributed by atoms with Crippen LogP contribution in [0.1, 0.15) is 12.8 Å². The van der Waals surface area contributed by atoms with Crippen LogP contribution >= 0.6 is 0 Å². The minimum Gasteiger partial charge on any atom is -0.459 e. The molecule has 1 aliphatic rings. The molecule has 1 aromatic heterocycles. The first-order chi connectivity index (χ1) is 8.45. The number of halogens is 1. The molecule has 0 spiro atoms. The lowest BCUT2D eigenvalue weighted by Crippen LogP contribution is -2.44. The third-order valence-electron chi connectivity index (χ3n) is 2.68. The van der Waals surface area contributed by atoms with Crippen molar-refractivity contribution in [2.24, 2.45) is 0 Å². The number of sulfonamides is 1. The number of rotatable bonds is 3. The van der Waals surface area contributed by atoms with Crippen molar-refractivity contribution in [3.05, 3.63) is 18.2 Å². The monoisotopic (exact) mass is 275 g/mol. The van der Waals surface area contributed by atoms with E-state index in [1.807, 2.05) is 0 Å². The van der Waals surface area contributed by atoms with Gasteiger partial charge in [0.1, 0.15) is 6.10 Å². The Morgan fingerprint density at radius 3 is 2.72 bits per heavy atom. The van der Waals surface area contributed by atoms with Crippen LogP contribution in [-0.2, 0) is 10.0 Å². The molecule has 0 bridgehead atoms. The van der Waals surface area contributed by atoms with Crippen molar-refractivity contribution in [1.29, 1.82) is 0 Å². The first-order valence-corrected chi connectivity index (χ1v) is 7.39. The Kier molecular flexibility index (Phi) is 3.76. The maximum Gasteiger partial charge on any atom is 0.316 e. The predicted octanol–water partition coefficient (Wildman–Crippen LogP) is 0.418. The standard InChI is InChI=1S/C10H14FN3O3S/c1-18(15,16)14-4-2-3-9(7-14)17-10-12-5-8(11)6-13-10/h5-6,9H,2-4,7H2,1H3/t9-/m0/s1. The molecule has 0 saturated carbocycles. The van der Waals surface area contributed by atoms with E-state index in [2.05, 4.69) is 9.97 Å². The smallest absolute Gasteiger partial charge is 0.316 e. The van der Waals surface area contributed by atoms with E-state index in [0.29, 0.717) is 6.54 Å². The van der Waals surface area contributed by atoms with Gasteiger partial charge in [0.25, 0.3) is 0 Å². The Labute approximate surface area is 105 Å². The molecule has 0 aromatic carbocycles. The molecule has 0 unspecified atom stereocenters. The number of hydrogen-bond donors (Lipinski definition) is 0. The van der Waals surface area contributed by atoms with Gasteiger partial charge in [-0.2, -0.15) is 4.31 Å². The Morgan fingerprint density at radius 2 is 2.11 bits per heavy atom. The molecular weight excluding hydrogens is 261 g/mol. The lowest BCUT2D eigenvalue weighted by atomic mass is 10.1. The van der Waals surface area contributed by atoms with Crippen molar-refractivity contribution in [3.63, 3.8) is 0 Å². The van der Waals surface area contributed by atoms with Gasteiger partial charge >= 0.3 is 6.01 Å². The molecule has 0 N–H and O–H groups in total. The lowest BCUT2D eigenvalue weighted by Gasteiger charge is -2.30. The van der Waals surface area contributed by atoms with Crippen molar-refractivity contribution in [3.8, 4) is 6.01 Å². The summed E-state index contributed by atoms with van der Waals surface area (Å²) >= 11 is 0. The maximum atomic E-state index is 12.6. The molecule has 1 aromatic rings. The predicted molar refractivity (Wildman–Crippen MR) is 62.1 cm³/mol. The summed E-state index contributed by atoms with van der Waals surface area (Å²) in [5, 5.41) is 0. The Balaban J connectivity index is 2.00. The average Bonchev–Trinajstić information content (AvgIpc) is 2.31. The fourth-order valence-corrected chi connectivity index (χ4v) is 2.71. The fraction of sp³-hybridized carbons (Fsp3) is 0.600. The highest BCUT2D eigenvalue weighted by molar-refractivity contribution is 7.88. The summed E-state index contributed by atoms with van der Waals surface area (Å²) in [7, 11) is -3.21. The van der Waals surface area contributed by atoms with Crippen molar-refractivity contribution >= 4 is 10.0 Å². The number of ether oxygens (including phenoxy) is 1. The molecule has 1 saturated heterocycles. The van der Waals surface area contributed by atoms with Crippen molar-refractivity contribution in [2.45, 2.75) is 18.9 Å². The number of nitrogens with zero attached hydrogens (tertiary/aromatic N) is 3. The zero-order valence-electron chi connectivity index (χ0n) is 9.91. The van der Waals surface area contributed by atoms with Crippen LogP contribution in [0.5, 0.6) is 6.01 Å². The van der Waals surface area contributed by atoms with Crippen LogP contribution < -0.4 is 4.74 Å². The van der Waals surface area contributed by atoms with E-state index < -0.39 is 15.8 Å². The second-order valence-electron chi connectivity index (χ2n) is 4.19. The van der Waals surface area contributed by atoms with Crippen molar-refractivity contribution in [2.75, 3.05) is 19.3 Å². The van der Waals surface area contributed by atoms with Crippen LogP contribution in [0.3, 0.4) is 0 Å². The van der Waals surface area contributed by atoms with Gasteiger partial charge in [-0.3, -0.25) is 0 Å². The molecule has 0 radical (unpaired) electrons. The van der Waals surface area contributed by atoms with Crippen LogP contribution in [0, 0.1) is 5.82 Å². The number of piperidine rings is 1. The topological polar surface area (TPSA) is 72.4 Å². The van der Waals surface area contributed by atoms with Crippen LogP contribution in [-0.4, -0.2) is 48.1 Å². The lowest BCUT2D eigenvalue weighted by molar-refractivity contribution is 0.119. The van der Waals surface area contributed by atoms with Crippen LogP contribution in [0.4, 0.5) is 4.39 Å². The van der Waals surface area contributed by atoms with Gasteiger partial charge in [-0.1, -0.05) is 0 Å². The molecular formula is C10H14FN3O3S. The molecule has 6 nitrogen and oxygen atoms in total. The van der Waals surface area contributed by atoms with Gasteiger partial charge < -0.3 is 4.74 Å². The highest BCUT2D eigenvalue weighted by Gasteiger charge is 2.27. The minimum atomic E-state index is -3.21. The largest absolute Gasteiger partial charge is 0.459 e. The fourth-order valence-electron chi connectivity index (χ4n) is 1.81. The Hall–Kier alpha value is -1.28. The molecule has 1 fully saturated rings. The van der Waals surface area contributed by atoms with Crippen LogP contribution in [0.25, 0.3) is 0 Å². The minimum absolute atomic E-state index is 0.0664. The second-order valence-corrected chi connectivity index (χ2v) is 6.17. The summed E-state index contributed by atoms with van der Waals surface area (Å²) in [4.78, 5) is 7.37. The number of hydrogen-bond acceptors (Lipinski definition) is 5. The average molecular weight is 275 g/mol. The van der Waals surface area contributed by atoms with Crippen LogP contribution in [0.2, 0.25) is 0 Å². The van der Waals surface area contributed by atoms with E-state index in [-0.39, 0.29) is 18.7 Å². The third kappa shape index (κ3) is 3.36. The number of aromatic nitrogens is 2. The SMILES string of the molecule is CS(=O)(=O)N1CCC[C@H](Oc2ncc(F)cn2)C1. The first kappa shape index (κ1) is 13.2. The first-order valence-electron chi connectivity index (χ1n) is 5.54. The maximum absolute atomic E-state index is 12.6. The van der Waals surface area contributed by atoms with Gasteiger partial charge in [-0.15, -0.1) is 0 Å². The molecule has 100 valence electrons. The van der Waals surface area contributed by atoms with E-state index in [4.69, 9.17) is 4.74 Å². The quantitative estimate of drug-likeness (QED) is 0.799. The van der Waals surface area contributed by atoms with Gasteiger partial charge in [-0.25, -0.2) is 22.8 Å². The van der Waals surface area contributed by atoms with E-state index >= 15 is 0 Å². The molecule has 18 heavy (non-hydrogen) atoms. The van der Waals surface area contributed by atoms with Gasteiger partial charge in [0, 0.05) is 6.54 Å². The van der Waals surface area contributed by atoms with Gasteiger partial charge in [0.15, 0.2) is 5.82 Å². The molecule has 1 atom stereocenters. The van der Waals surface area contributed by atoms with Gasteiger partial charge in [0.2, 0.25) is 10.0 Å². The summed E-state index contributed by atoms with van der Waals surface area (Å²) in [5.41, 5.74) is 0. The molecule has 2 rings (SSSR count). The zero-order chi connectivity index (χ0) is 13.2. The summed E-state index contributed by atoms with van der Waals surface area (Å²) in [6, 6.07) is 0.0664. The van der Waals surface area contributed by atoms with Crippen molar-refractivity contribution < 1.29 is 17.5 Å². The van der Waals surface area contributed by atoms with Gasteiger partial charge in [0.05, 0.1) is 25.2 Å². The molecule has 2 heterocycles. The third-order valence-corrected chi connectivity index (χ3v) is 3.95. The molecule has 1 aliphatic heterocycles. The Morgan fingerprint density at radius 1 is 1.44 bits per heavy atom. The summed E-state index contributed by atoms with van der Waals surface area (Å²) < 4.78 is 42.3. The van der Waals surface area contributed by atoms with Gasteiger partial charge in [-0.05, 0) is 12.8 Å². The summed E-state index contributed by atoms with van der Waals surface area (Å²) in [5.74, 6) is -0.538. The van der Waals surface area contributed by atoms with E-state index in [0.717, 1.165) is 25.2 Å². The highest BCUT2D eigenvalue weighted by atomic mass is 32.2. The molecule has 0 aliphatic carbocycles. The van der Waals surface area contributed by atoms with E-state index in [9.17, 15) is 12.8 Å². The summed E-state index contributed by atoms with van der Waals surface area (Å²) in [6.07, 6.45) is 4.35. The molecule has 0 amide bonds.